The molecule has 5 rings (SSSR count). The highest BCUT2D eigenvalue weighted by Gasteiger charge is 2.36. The minimum atomic E-state index is -1.42. The summed E-state index contributed by atoms with van der Waals surface area (Å²) >= 11 is 0. The van der Waals surface area contributed by atoms with Gasteiger partial charge in [0.1, 0.15) is 23.1 Å². The first-order chi connectivity index (χ1) is 31.8. The Kier molecular flexibility index (Phi) is 17.7. The third-order valence-corrected chi connectivity index (χ3v) is 10.8. The summed E-state index contributed by atoms with van der Waals surface area (Å²) in [5.41, 5.74) is 0.655. The number of rotatable bonds is 22. The smallest absolute Gasteiger partial charge is 0.408 e. The van der Waals surface area contributed by atoms with E-state index < -0.39 is 58.7 Å². The quantitative estimate of drug-likeness (QED) is 0.0499. The van der Waals surface area contributed by atoms with Crippen molar-refractivity contribution >= 4 is 24.0 Å². The van der Waals surface area contributed by atoms with Gasteiger partial charge in [0.05, 0.1) is 50.5 Å². The lowest BCUT2D eigenvalue weighted by Crippen LogP contribution is -2.44. The van der Waals surface area contributed by atoms with Crippen molar-refractivity contribution in [3.8, 4) is 23.0 Å². The zero-order valence-electron chi connectivity index (χ0n) is 39.8. The number of aliphatic carboxylic acids is 1. The van der Waals surface area contributed by atoms with Crippen molar-refractivity contribution in [3.05, 3.63) is 155 Å². The highest BCUT2D eigenvalue weighted by atomic mass is 16.6. The van der Waals surface area contributed by atoms with Crippen LogP contribution in [0.5, 0.6) is 23.0 Å². The molecule has 0 bridgehead atoms. The first-order valence-corrected chi connectivity index (χ1v) is 22.1. The predicted molar refractivity (Wildman–Crippen MR) is 253 cm³/mol. The zero-order chi connectivity index (χ0) is 48.8. The molecule has 0 spiro atoms. The van der Waals surface area contributed by atoms with Crippen molar-refractivity contribution in [2.24, 2.45) is 10.8 Å². The second-order valence-corrected chi connectivity index (χ2v) is 18.5. The summed E-state index contributed by atoms with van der Waals surface area (Å²) in [6.07, 6.45) is -1.13. The van der Waals surface area contributed by atoms with Crippen LogP contribution in [-0.2, 0) is 47.9 Å². The summed E-state index contributed by atoms with van der Waals surface area (Å²) in [5.74, 6) is -1.53. The molecule has 2 N–H and O–H groups in total. The summed E-state index contributed by atoms with van der Waals surface area (Å²) in [7, 11) is 3.22. The van der Waals surface area contributed by atoms with Gasteiger partial charge in [-0.1, -0.05) is 103 Å². The maximum absolute atomic E-state index is 14.2. The topological polar surface area (TPSA) is 165 Å². The molecule has 0 aliphatic rings. The number of esters is 2. The maximum Gasteiger partial charge on any atom is 0.408 e. The summed E-state index contributed by atoms with van der Waals surface area (Å²) in [6, 6.07) is 37.6. The van der Waals surface area contributed by atoms with Gasteiger partial charge in [-0.2, -0.15) is 0 Å². The van der Waals surface area contributed by atoms with Crippen LogP contribution in [0.3, 0.4) is 0 Å². The predicted octanol–water partition coefficient (Wildman–Crippen LogP) is 10.1. The molecule has 1 amide bonds. The van der Waals surface area contributed by atoms with Crippen LogP contribution in [0.15, 0.2) is 127 Å². The van der Waals surface area contributed by atoms with Gasteiger partial charge >= 0.3 is 24.0 Å². The van der Waals surface area contributed by atoms with Crippen molar-refractivity contribution in [1.29, 1.82) is 0 Å². The first-order valence-electron chi connectivity index (χ1n) is 22.1. The van der Waals surface area contributed by atoms with Gasteiger partial charge in [0.25, 0.3) is 0 Å². The van der Waals surface area contributed by atoms with E-state index in [0.29, 0.717) is 29.9 Å². The van der Waals surface area contributed by atoms with Gasteiger partial charge < -0.3 is 43.6 Å². The Morgan fingerprint density at radius 2 is 0.970 bits per heavy atom. The molecular formula is C54H63NO12. The van der Waals surface area contributed by atoms with E-state index in [0.717, 1.165) is 22.3 Å². The van der Waals surface area contributed by atoms with Crippen molar-refractivity contribution < 1.29 is 57.4 Å². The molecule has 13 heteroatoms. The van der Waals surface area contributed by atoms with Gasteiger partial charge in [-0.3, -0.25) is 9.59 Å². The number of carbonyl (C=O) groups is 4. The Balaban J connectivity index is 1.40. The van der Waals surface area contributed by atoms with Crippen LogP contribution in [0, 0.1) is 10.8 Å². The molecule has 356 valence electrons. The number of carboxylic acids is 1. The SMILES string of the molecule is COc1ccccc1CC(OCC(C)(C)C(=O)Oc1ccc(C[C@H](NC(=O)OC(C)(C)C)C(=O)O)cc1OC(=O)C(C)(C)COC(Cc1ccccc1OC)c1ccccc1)c1ccccc1. The van der Waals surface area contributed by atoms with E-state index in [4.69, 9.17) is 33.2 Å². The van der Waals surface area contributed by atoms with Gasteiger partial charge in [0.15, 0.2) is 11.5 Å². The molecule has 0 aromatic heterocycles. The molecule has 0 fully saturated rings. The Labute approximate surface area is 393 Å². The van der Waals surface area contributed by atoms with Gasteiger partial charge in [-0.05, 0) is 101 Å². The monoisotopic (exact) mass is 917 g/mol. The highest BCUT2D eigenvalue weighted by Crippen LogP contribution is 2.36. The number of alkyl carbamates (subject to hydrolysis) is 1. The number of carbonyl (C=O) groups excluding carboxylic acids is 3. The van der Waals surface area contributed by atoms with Gasteiger partial charge in [-0.15, -0.1) is 0 Å². The number of hydrogen-bond donors (Lipinski definition) is 2. The first kappa shape index (κ1) is 51.3. The number of nitrogens with one attached hydrogen (secondary N) is 1. The number of carboxylic acid groups (broad SMARTS) is 1. The minimum absolute atomic E-state index is 0.0494. The fraction of sp³-hybridized carbons (Fsp3) is 0.370. The number of para-hydroxylation sites is 2. The molecule has 0 saturated carbocycles. The molecule has 0 aliphatic carbocycles. The van der Waals surface area contributed by atoms with E-state index in [1.54, 1.807) is 62.7 Å². The fourth-order valence-electron chi connectivity index (χ4n) is 6.96. The third-order valence-electron chi connectivity index (χ3n) is 10.8. The van der Waals surface area contributed by atoms with Crippen molar-refractivity contribution in [2.45, 2.75) is 91.6 Å². The van der Waals surface area contributed by atoms with Gasteiger partial charge in [-0.25, -0.2) is 9.59 Å². The molecule has 0 saturated heterocycles. The number of amides is 1. The standard InChI is InChI=1S/C54H63NO12/c1-52(2,3)67-51(60)55-41(48(56)57)30-36-28-29-44(65-49(58)53(4,5)34-63-45(37-20-12-10-13-21-37)32-39-24-16-18-26-42(39)61-8)47(31-36)66-50(59)54(6,7)35-64-46(38-22-14-11-15-23-38)33-40-25-17-19-27-43(40)62-9/h10-29,31,41,45-46H,30,32-35H2,1-9H3,(H,55,60)(H,56,57)/t41-,45?,46?/m0/s1. The number of hydrogen-bond acceptors (Lipinski definition) is 11. The Hall–Kier alpha value is -6.70. The van der Waals surface area contributed by atoms with E-state index in [1.807, 2.05) is 109 Å². The number of ether oxygens (including phenoxy) is 7. The average Bonchev–Trinajstić information content (AvgIpc) is 3.29. The Morgan fingerprint density at radius 1 is 0.537 bits per heavy atom. The molecule has 2 unspecified atom stereocenters. The van der Waals surface area contributed by atoms with E-state index in [2.05, 4.69) is 5.32 Å². The van der Waals surface area contributed by atoms with Gasteiger partial charge in [0, 0.05) is 19.3 Å². The lowest BCUT2D eigenvalue weighted by atomic mass is 9.94. The molecule has 67 heavy (non-hydrogen) atoms. The third kappa shape index (κ3) is 15.2. The highest BCUT2D eigenvalue weighted by molar-refractivity contribution is 5.82. The number of benzene rings is 5. The lowest BCUT2D eigenvalue weighted by Gasteiger charge is -2.28. The van der Waals surface area contributed by atoms with Crippen molar-refractivity contribution in [1.82, 2.24) is 5.32 Å². The minimum Gasteiger partial charge on any atom is -0.496 e. The second-order valence-electron chi connectivity index (χ2n) is 18.5. The largest absolute Gasteiger partial charge is 0.496 e. The molecule has 5 aromatic carbocycles. The van der Waals surface area contributed by atoms with Crippen LogP contribution in [0.4, 0.5) is 4.79 Å². The molecule has 3 atom stereocenters. The summed E-state index contributed by atoms with van der Waals surface area (Å²) in [5, 5.41) is 12.5. The van der Waals surface area contributed by atoms with E-state index in [1.165, 1.54) is 18.2 Å². The van der Waals surface area contributed by atoms with Crippen LogP contribution < -0.4 is 24.3 Å². The molecule has 13 nitrogen and oxygen atoms in total. The molecular weight excluding hydrogens is 855 g/mol. The van der Waals surface area contributed by atoms with Crippen LogP contribution in [0.25, 0.3) is 0 Å². The van der Waals surface area contributed by atoms with Crippen LogP contribution >= 0.6 is 0 Å². The normalized spacial score (nSPS) is 13.1. The summed E-state index contributed by atoms with van der Waals surface area (Å²) < 4.78 is 41.6. The van der Waals surface area contributed by atoms with Crippen LogP contribution in [0.1, 0.15) is 88.5 Å². The van der Waals surface area contributed by atoms with E-state index >= 15 is 0 Å². The van der Waals surface area contributed by atoms with Crippen molar-refractivity contribution in [3.63, 3.8) is 0 Å². The zero-order valence-corrected chi connectivity index (χ0v) is 39.8. The maximum atomic E-state index is 14.2. The summed E-state index contributed by atoms with van der Waals surface area (Å²) in [6.45, 7) is 11.6. The number of methoxy groups -OCH3 is 2. The Morgan fingerprint density at radius 3 is 1.40 bits per heavy atom. The van der Waals surface area contributed by atoms with Crippen LogP contribution in [0.2, 0.25) is 0 Å². The molecule has 0 radical (unpaired) electrons. The lowest BCUT2D eigenvalue weighted by molar-refractivity contribution is -0.151. The van der Waals surface area contributed by atoms with E-state index in [-0.39, 0.29) is 31.1 Å². The van der Waals surface area contributed by atoms with Crippen LogP contribution in [-0.4, -0.2) is 68.2 Å². The Bertz CT molecular complexity index is 2430. The second kappa shape index (κ2) is 23.2. The van der Waals surface area contributed by atoms with E-state index in [9.17, 15) is 24.3 Å². The molecule has 5 aromatic rings. The fourth-order valence-corrected chi connectivity index (χ4v) is 6.96. The van der Waals surface area contributed by atoms with Crippen molar-refractivity contribution in [2.75, 3.05) is 27.4 Å². The van der Waals surface area contributed by atoms with Gasteiger partial charge in [0.2, 0.25) is 0 Å². The summed E-state index contributed by atoms with van der Waals surface area (Å²) in [4.78, 5) is 53.4. The molecule has 0 aliphatic heterocycles. The molecule has 0 heterocycles. The average molecular weight is 918 g/mol.